The van der Waals surface area contributed by atoms with Crippen molar-refractivity contribution in [3.63, 3.8) is 0 Å². The Morgan fingerprint density at radius 3 is 3.06 bits per heavy atom. The average Bonchev–Trinajstić information content (AvgIpc) is 2.94. The lowest BCUT2D eigenvalue weighted by Crippen LogP contribution is -2.42. The predicted molar refractivity (Wildman–Crippen MR) is 69.9 cm³/mol. The van der Waals surface area contributed by atoms with E-state index in [-0.39, 0.29) is 11.9 Å². The molecule has 0 bridgehead atoms. The van der Waals surface area contributed by atoms with Gasteiger partial charge in [-0.05, 0) is 30.5 Å². The van der Waals surface area contributed by atoms with Gasteiger partial charge in [0.1, 0.15) is 0 Å². The molecule has 96 valence electrons. The topological polar surface area (TPSA) is 52.6 Å². The highest BCUT2D eigenvalue weighted by Crippen LogP contribution is 2.31. The van der Waals surface area contributed by atoms with Gasteiger partial charge in [-0.25, -0.2) is 0 Å². The molecule has 1 aromatic rings. The van der Waals surface area contributed by atoms with Crippen molar-refractivity contribution in [2.45, 2.75) is 25.0 Å². The summed E-state index contributed by atoms with van der Waals surface area (Å²) in [7, 11) is 0. The molecular weight excluding hydrogens is 252 g/mol. The number of amides is 1. The van der Waals surface area contributed by atoms with E-state index in [1.165, 1.54) is 0 Å². The van der Waals surface area contributed by atoms with Crippen molar-refractivity contribution in [3.8, 4) is 0 Å². The van der Waals surface area contributed by atoms with Crippen LogP contribution in [0.2, 0.25) is 5.02 Å². The lowest BCUT2D eigenvalue weighted by atomic mass is 10.1. The number of aliphatic hydroxyl groups is 1. The molecule has 1 saturated heterocycles. The largest absolute Gasteiger partial charge is 0.392 e. The number of halogens is 1. The Kier molecular flexibility index (Phi) is 3.01. The predicted octanol–water partition coefficient (Wildman–Crippen LogP) is 0.952. The minimum atomic E-state index is -0.416. The van der Waals surface area contributed by atoms with E-state index < -0.39 is 6.10 Å². The van der Waals surface area contributed by atoms with Crippen molar-refractivity contribution in [2.24, 2.45) is 0 Å². The third-order valence-corrected chi connectivity index (χ3v) is 3.85. The van der Waals surface area contributed by atoms with E-state index in [0.29, 0.717) is 24.5 Å². The quantitative estimate of drug-likeness (QED) is 0.796. The van der Waals surface area contributed by atoms with E-state index in [1.54, 1.807) is 4.90 Å². The Morgan fingerprint density at radius 2 is 2.33 bits per heavy atom. The zero-order valence-corrected chi connectivity index (χ0v) is 10.7. The molecule has 2 unspecified atom stereocenters. The Balaban J connectivity index is 1.83. The summed E-state index contributed by atoms with van der Waals surface area (Å²) in [4.78, 5) is 14.2. The van der Waals surface area contributed by atoms with Gasteiger partial charge in [0.15, 0.2) is 0 Å². The number of fused-ring (bicyclic) bond motifs is 1. The Bertz CT molecular complexity index is 492. The maximum atomic E-state index is 12.4. The molecule has 2 aliphatic rings. The van der Waals surface area contributed by atoms with Gasteiger partial charge in [0.05, 0.1) is 12.1 Å². The van der Waals surface area contributed by atoms with Crippen molar-refractivity contribution in [1.82, 2.24) is 5.32 Å². The standard InChI is InChI=1S/C13H15ClN2O2/c14-9-2-1-8-3-4-16(12(8)5-9)13(18)11-6-10(17)7-15-11/h1-2,5,10-11,15,17H,3-4,6-7H2. The fourth-order valence-corrected chi connectivity index (χ4v) is 2.84. The van der Waals surface area contributed by atoms with E-state index in [2.05, 4.69) is 5.32 Å². The Labute approximate surface area is 111 Å². The van der Waals surface area contributed by atoms with Crippen molar-refractivity contribution in [3.05, 3.63) is 28.8 Å². The second-order valence-electron chi connectivity index (χ2n) is 4.86. The minimum absolute atomic E-state index is 0.0348. The summed E-state index contributed by atoms with van der Waals surface area (Å²) in [6.07, 6.45) is 0.944. The Hall–Kier alpha value is -1.10. The number of nitrogens with one attached hydrogen (secondary N) is 1. The number of benzene rings is 1. The van der Waals surface area contributed by atoms with Gasteiger partial charge in [-0.2, -0.15) is 0 Å². The normalized spacial score (nSPS) is 26.4. The number of anilines is 1. The van der Waals surface area contributed by atoms with Crippen molar-refractivity contribution < 1.29 is 9.90 Å². The number of hydrogen-bond acceptors (Lipinski definition) is 3. The summed E-state index contributed by atoms with van der Waals surface area (Å²) in [5, 5.41) is 13.2. The van der Waals surface area contributed by atoms with Gasteiger partial charge in [-0.1, -0.05) is 17.7 Å². The van der Waals surface area contributed by atoms with Crippen LogP contribution in [0.25, 0.3) is 0 Å². The van der Waals surface area contributed by atoms with E-state index in [0.717, 1.165) is 17.7 Å². The van der Waals surface area contributed by atoms with Gasteiger partial charge in [0.25, 0.3) is 0 Å². The van der Waals surface area contributed by atoms with Crippen LogP contribution in [0, 0.1) is 0 Å². The van der Waals surface area contributed by atoms with E-state index >= 15 is 0 Å². The third kappa shape index (κ3) is 2.00. The van der Waals surface area contributed by atoms with Crippen LogP contribution in [0.1, 0.15) is 12.0 Å². The molecule has 1 aromatic carbocycles. The Morgan fingerprint density at radius 1 is 1.50 bits per heavy atom. The molecule has 1 amide bonds. The first kappa shape index (κ1) is 12.0. The second-order valence-corrected chi connectivity index (χ2v) is 5.30. The molecular formula is C13H15ClN2O2. The molecule has 0 aromatic heterocycles. The first-order valence-corrected chi connectivity index (χ1v) is 6.54. The summed E-state index contributed by atoms with van der Waals surface area (Å²) in [5.74, 6) is 0.0348. The van der Waals surface area contributed by atoms with E-state index in [9.17, 15) is 9.90 Å². The zero-order chi connectivity index (χ0) is 12.7. The summed E-state index contributed by atoms with van der Waals surface area (Å²) in [6, 6.07) is 5.39. The van der Waals surface area contributed by atoms with Crippen LogP contribution in [-0.2, 0) is 11.2 Å². The first-order chi connectivity index (χ1) is 8.65. The molecule has 0 spiro atoms. The van der Waals surface area contributed by atoms with E-state index in [1.807, 2.05) is 18.2 Å². The third-order valence-electron chi connectivity index (χ3n) is 3.61. The molecule has 2 heterocycles. The van der Waals surface area contributed by atoms with Gasteiger partial charge >= 0.3 is 0 Å². The maximum Gasteiger partial charge on any atom is 0.244 e. The number of carbonyl (C=O) groups is 1. The van der Waals surface area contributed by atoms with Gasteiger partial charge in [0.2, 0.25) is 5.91 Å². The molecule has 4 nitrogen and oxygen atoms in total. The molecule has 1 fully saturated rings. The molecule has 2 aliphatic heterocycles. The number of carbonyl (C=O) groups excluding carboxylic acids is 1. The molecule has 18 heavy (non-hydrogen) atoms. The lowest BCUT2D eigenvalue weighted by molar-refractivity contribution is -0.120. The van der Waals surface area contributed by atoms with Gasteiger partial charge < -0.3 is 15.3 Å². The molecule has 0 saturated carbocycles. The molecule has 3 rings (SSSR count). The highest BCUT2D eigenvalue weighted by Gasteiger charge is 2.34. The maximum absolute atomic E-state index is 12.4. The summed E-state index contributed by atoms with van der Waals surface area (Å²) < 4.78 is 0. The van der Waals surface area contributed by atoms with Crippen LogP contribution >= 0.6 is 11.6 Å². The average molecular weight is 267 g/mol. The number of hydrogen-bond donors (Lipinski definition) is 2. The van der Waals surface area contributed by atoms with E-state index in [4.69, 9.17) is 11.6 Å². The first-order valence-electron chi connectivity index (χ1n) is 6.16. The molecule has 2 atom stereocenters. The molecule has 5 heteroatoms. The number of rotatable bonds is 1. The van der Waals surface area contributed by atoms with Crippen LogP contribution in [0.3, 0.4) is 0 Å². The molecule has 0 radical (unpaired) electrons. The van der Waals surface area contributed by atoms with Crippen molar-refractivity contribution >= 4 is 23.2 Å². The van der Waals surface area contributed by atoms with Crippen LogP contribution < -0.4 is 10.2 Å². The lowest BCUT2D eigenvalue weighted by Gasteiger charge is -2.21. The van der Waals surface area contributed by atoms with Gasteiger partial charge in [-0.3, -0.25) is 4.79 Å². The SMILES string of the molecule is O=C(C1CC(O)CN1)N1CCc2ccc(Cl)cc21. The van der Waals surface area contributed by atoms with Crippen LogP contribution in [0.5, 0.6) is 0 Å². The monoisotopic (exact) mass is 266 g/mol. The number of nitrogens with zero attached hydrogens (tertiary/aromatic N) is 1. The fourth-order valence-electron chi connectivity index (χ4n) is 2.67. The van der Waals surface area contributed by atoms with Crippen LogP contribution in [0.4, 0.5) is 5.69 Å². The highest BCUT2D eigenvalue weighted by molar-refractivity contribution is 6.31. The van der Waals surface area contributed by atoms with Gasteiger partial charge in [-0.15, -0.1) is 0 Å². The smallest absolute Gasteiger partial charge is 0.244 e. The number of β-amino-alcohol motifs (C(OH)–C–C–N with tert-alkyl or cyclic N) is 1. The van der Waals surface area contributed by atoms with Crippen molar-refractivity contribution in [2.75, 3.05) is 18.0 Å². The van der Waals surface area contributed by atoms with Gasteiger partial charge in [0, 0.05) is 23.8 Å². The van der Waals surface area contributed by atoms with Crippen LogP contribution in [-0.4, -0.2) is 36.2 Å². The second kappa shape index (κ2) is 4.53. The minimum Gasteiger partial charge on any atom is -0.392 e. The summed E-state index contributed by atoms with van der Waals surface area (Å²) in [6.45, 7) is 1.19. The highest BCUT2D eigenvalue weighted by atomic mass is 35.5. The zero-order valence-electron chi connectivity index (χ0n) is 9.90. The fraction of sp³-hybridized carbons (Fsp3) is 0.462. The summed E-state index contributed by atoms with van der Waals surface area (Å²) in [5.41, 5.74) is 2.07. The molecule has 2 N–H and O–H groups in total. The van der Waals surface area contributed by atoms with Crippen LogP contribution in [0.15, 0.2) is 18.2 Å². The number of aliphatic hydroxyl groups excluding tert-OH is 1. The summed E-state index contributed by atoms with van der Waals surface area (Å²) >= 11 is 5.98. The molecule has 0 aliphatic carbocycles. The van der Waals surface area contributed by atoms with Crippen molar-refractivity contribution in [1.29, 1.82) is 0 Å².